The smallest absolute Gasteiger partial charge is 0.274 e. The Kier molecular flexibility index (Phi) is 5.00. The number of nitrogens with two attached hydrogens (primary N) is 1. The number of amides is 1. The molecule has 0 aliphatic carbocycles. The number of hydrogen-bond donors (Lipinski definition) is 2. The standard InChI is InChI=1S/C13H19N3O3/c1-4-9-5-6-10(7-11(9)16(18)19)15-13(17)12(14)8(2)3/h5-8,12H,4,14H2,1-3H3,(H,15,17)/t12-/m0/s1. The van der Waals surface area contributed by atoms with Crippen LogP contribution >= 0.6 is 0 Å². The van der Waals surface area contributed by atoms with Gasteiger partial charge in [0.05, 0.1) is 11.0 Å². The lowest BCUT2D eigenvalue weighted by molar-refractivity contribution is -0.385. The summed E-state index contributed by atoms with van der Waals surface area (Å²) >= 11 is 0. The van der Waals surface area contributed by atoms with Crippen LogP contribution < -0.4 is 11.1 Å². The number of rotatable bonds is 5. The van der Waals surface area contributed by atoms with Crippen LogP contribution in [0, 0.1) is 16.0 Å². The van der Waals surface area contributed by atoms with Crippen LogP contribution in [0.15, 0.2) is 18.2 Å². The third-order valence-corrected chi connectivity index (χ3v) is 2.95. The Morgan fingerprint density at radius 1 is 1.47 bits per heavy atom. The van der Waals surface area contributed by atoms with Gasteiger partial charge in [0.2, 0.25) is 5.91 Å². The molecule has 1 aromatic carbocycles. The van der Waals surface area contributed by atoms with Crippen LogP contribution in [0.3, 0.4) is 0 Å². The van der Waals surface area contributed by atoms with E-state index in [-0.39, 0.29) is 17.5 Å². The Labute approximate surface area is 112 Å². The van der Waals surface area contributed by atoms with Gasteiger partial charge >= 0.3 is 0 Å². The van der Waals surface area contributed by atoms with Crippen LogP contribution in [0.1, 0.15) is 26.3 Å². The van der Waals surface area contributed by atoms with E-state index >= 15 is 0 Å². The molecule has 0 aliphatic heterocycles. The largest absolute Gasteiger partial charge is 0.324 e. The van der Waals surface area contributed by atoms with E-state index in [1.54, 1.807) is 12.1 Å². The van der Waals surface area contributed by atoms with Crippen molar-refractivity contribution in [3.63, 3.8) is 0 Å². The summed E-state index contributed by atoms with van der Waals surface area (Å²) in [7, 11) is 0. The van der Waals surface area contributed by atoms with Gasteiger partial charge in [-0.15, -0.1) is 0 Å². The molecule has 0 unspecified atom stereocenters. The number of benzene rings is 1. The number of nitrogens with one attached hydrogen (secondary N) is 1. The summed E-state index contributed by atoms with van der Waals surface area (Å²) in [6.07, 6.45) is 0.566. The molecule has 0 radical (unpaired) electrons. The van der Waals surface area contributed by atoms with Gasteiger partial charge in [-0.25, -0.2) is 0 Å². The van der Waals surface area contributed by atoms with Gasteiger partial charge in [0, 0.05) is 17.3 Å². The van der Waals surface area contributed by atoms with Crippen molar-refractivity contribution in [2.24, 2.45) is 11.7 Å². The first kappa shape index (κ1) is 15.1. The zero-order chi connectivity index (χ0) is 14.6. The molecule has 6 nitrogen and oxygen atoms in total. The molecule has 0 fully saturated rings. The quantitative estimate of drug-likeness (QED) is 0.629. The van der Waals surface area contributed by atoms with Crippen molar-refractivity contribution in [1.82, 2.24) is 0 Å². The lowest BCUT2D eigenvalue weighted by Gasteiger charge is -2.15. The predicted octanol–water partition coefficient (Wildman–Crippen LogP) is 2.08. The highest BCUT2D eigenvalue weighted by Crippen LogP contribution is 2.23. The molecule has 0 aromatic heterocycles. The number of nitro benzene ring substituents is 1. The number of nitrogens with zero attached hydrogens (tertiary/aromatic N) is 1. The molecule has 0 heterocycles. The van der Waals surface area contributed by atoms with E-state index in [1.807, 2.05) is 20.8 Å². The molecule has 6 heteroatoms. The van der Waals surface area contributed by atoms with E-state index < -0.39 is 11.0 Å². The minimum Gasteiger partial charge on any atom is -0.324 e. The van der Waals surface area contributed by atoms with E-state index in [4.69, 9.17) is 5.73 Å². The van der Waals surface area contributed by atoms with E-state index in [1.165, 1.54) is 6.07 Å². The Bertz CT molecular complexity index is 486. The first-order valence-electron chi connectivity index (χ1n) is 6.20. The number of carbonyl (C=O) groups is 1. The fourth-order valence-corrected chi connectivity index (χ4v) is 1.64. The zero-order valence-electron chi connectivity index (χ0n) is 11.3. The fraction of sp³-hybridized carbons (Fsp3) is 0.462. The zero-order valence-corrected chi connectivity index (χ0v) is 11.3. The molecule has 0 saturated heterocycles. The van der Waals surface area contributed by atoms with Gasteiger partial charge in [0.25, 0.3) is 5.69 Å². The maximum atomic E-state index is 11.8. The van der Waals surface area contributed by atoms with Crippen LogP contribution in [0.5, 0.6) is 0 Å². The van der Waals surface area contributed by atoms with Crippen molar-refractivity contribution in [2.75, 3.05) is 5.32 Å². The van der Waals surface area contributed by atoms with E-state index in [0.717, 1.165) is 0 Å². The molecule has 3 N–H and O–H groups in total. The number of anilines is 1. The molecular weight excluding hydrogens is 246 g/mol. The molecule has 1 aromatic rings. The summed E-state index contributed by atoms with van der Waals surface area (Å²) in [5.41, 5.74) is 6.76. The maximum Gasteiger partial charge on any atom is 0.274 e. The van der Waals surface area contributed by atoms with Gasteiger partial charge in [-0.3, -0.25) is 14.9 Å². The molecule has 0 bridgehead atoms. The van der Waals surface area contributed by atoms with Crippen molar-refractivity contribution in [3.8, 4) is 0 Å². The van der Waals surface area contributed by atoms with E-state index in [2.05, 4.69) is 5.32 Å². The van der Waals surface area contributed by atoms with Gasteiger partial charge in [-0.1, -0.05) is 26.8 Å². The minimum absolute atomic E-state index is 0.00454. The van der Waals surface area contributed by atoms with Crippen molar-refractivity contribution in [1.29, 1.82) is 0 Å². The summed E-state index contributed by atoms with van der Waals surface area (Å²) in [5, 5.41) is 13.5. The van der Waals surface area contributed by atoms with Gasteiger partial charge in [-0.05, 0) is 18.4 Å². The van der Waals surface area contributed by atoms with E-state index in [0.29, 0.717) is 17.7 Å². The van der Waals surface area contributed by atoms with Crippen LogP contribution in [0.25, 0.3) is 0 Å². The first-order valence-corrected chi connectivity index (χ1v) is 6.20. The Morgan fingerprint density at radius 2 is 2.11 bits per heavy atom. The highest BCUT2D eigenvalue weighted by Gasteiger charge is 2.19. The van der Waals surface area contributed by atoms with Gasteiger partial charge in [-0.2, -0.15) is 0 Å². The topological polar surface area (TPSA) is 98.3 Å². The third-order valence-electron chi connectivity index (χ3n) is 2.95. The summed E-state index contributed by atoms with van der Waals surface area (Å²) < 4.78 is 0. The van der Waals surface area contributed by atoms with Gasteiger partial charge < -0.3 is 11.1 Å². The number of nitro groups is 1. The summed E-state index contributed by atoms with van der Waals surface area (Å²) in [5.74, 6) is -0.335. The number of aryl methyl sites for hydroxylation is 1. The molecule has 0 saturated carbocycles. The molecular formula is C13H19N3O3. The Morgan fingerprint density at radius 3 is 2.58 bits per heavy atom. The van der Waals surface area contributed by atoms with Crippen LogP contribution in [-0.2, 0) is 11.2 Å². The first-order chi connectivity index (χ1) is 8.86. The molecule has 1 rings (SSSR count). The lowest BCUT2D eigenvalue weighted by Crippen LogP contribution is -2.39. The molecule has 104 valence electrons. The average molecular weight is 265 g/mol. The highest BCUT2D eigenvalue weighted by molar-refractivity contribution is 5.95. The van der Waals surface area contributed by atoms with Gasteiger partial charge in [0.1, 0.15) is 0 Å². The predicted molar refractivity (Wildman–Crippen MR) is 73.9 cm³/mol. The Balaban J connectivity index is 2.94. The molecule has 0 spiro atoms. The Hall–Kier alpha value is -1.95. The SMILES string of the molecule is CCc1ccc(NC(=O)[C@@H](N)C(C)C)cc1[N+](=O)[O-]. The second-order valence-corrected chi connectivity index (χ2v) is 4.71. The molecule has 1 amide bonds. The summed E-state index contributed by atoms with van der Waals surface area (Å²) in [4.78, 5) is 22.3. The molecule has 19 heavy (non-hydrogen) atoms. The number of hydrogen-bond acceptors (Lipinski definition) is 4. The van der Waals surface area contributed by atoms with Gasteiger partial charge in [0.15, 0.2) is 0 Å². The second-order valence-electron chi connectivity index (χ2n) is 4.71. The van der Waals surface area contributed by atoms with Crippen LogP contribution in [-0.4, -0.2) is 16.9 Å². The third kappa shape index (κ3) is 3.75. The summed E-state index contributed by atoms with van der Waals surface area (Å²) in [6, 6.07) is 4.03. The highest BCUT2D eigenvalue weighted by atomic mass is 16.6. The summed E-state index contributed by atoms with van der Waals surface area (Å²) in [6.45, 7) is 5.52. The minimum atomic E-state index is -0.634. The van der Waals surface area contributed by atoms with Crippen molar-refractivity contribution >= 4 is 17.3 Å². The molecule has 1 atom stereocenters. The molecule has 0 aliphatic rings. The van der Waals surface area contributed by atoms with Crippen molar-refractivity contribution in [3.05, 3.63) is 33.9 Å². The number of carbonyl (C=O) groups excluding carboxylic acids is 1. The monoisotopic (exact) mass is 265 g/mol. The maximum absolute atomic E-state index is 11.8. The lowest BCUT2D eigenvalue weighted by atomic mass is 10.0. The van der Waals surface area contributed by atoms with Crippen LogP contribution in [0.2, 0.25) is 0 Å². The fourth-order valence-electron chi connectivity index (χ4n) is 1.64. The normalized spacial score (nSPS) is 12.3. The van der Waals surface area contributed by atoms with E-state index in [9.17, 15) is 14.9 Å². The van der Waals surface area contributed by atoms with Crippen molar-refractivity contribution in [2.45, 2.75) is 33.2 Å². The van der Waals surface area contributed by atoms with Crippen LogP contribution in [0.4, 0.5) is 11.4 Å². The second kappa shape index (κ2) is 6.29. The average Bonchev–Trinajstić information content (AvgIpc) is 2.37. The van der Waals surface area contributed by atoms with Crippen molar-refractivity contribution < 1.29 is 9.72 Å².